The van der Waals surface area contributed by atoms with E-state index < -0.39 is 0 Å². The zero-order chi connectivity index (χ0) is 21.2. The minimum atomic E-state index is -0.120. The number of amides is 4. The largest absolute Gasteiger partial charge is 0.343 e. The van der Waals surface area contributed by atoms with E-state index in [9.17, 15) is 14.4 Å². The van der Waals surface area contributed by atoms with Crippen LogP contribution in [0.4, 0.5) is 4.79 Å². The fourth-order valence-corrected chi connectivity index (χ4v) is 3.57. The fourth-order valence-electron chi connectivity index (χ4n) is 3.57. The Hall–Kier alpha value is -2.57. The van der Waals surface area contributed by atoms with Crippen molar-refractivity contribution in [2.24, 2.45) is 0 Å². The van der Waals surface area contributed by atoms with Crippen molar-refractivity contribution in [1.82, 2.24) is 20.0 Å². The Labute approximate surface area is 174 Å². The van der Waals surface area contributed by atoms with Crippen molar-refractivity contribution >= 4 is 17.8 Å². The number of carbonyl (C=O) groups is 3. The van der Waals surface area contributed by atoms with Crippen molar-refractivity contribution < 1.29 is 14.4 Å². The third kappa shape index (κ3) is 6.76. The number of rotatable bonds is 7. The Morgan fingerprint density at radius 3 is 2.41 bits per heavy atom. The Bertz CT molecular complexity index is 703. The van der Waals surface area contributed by atoms with Gasteiger partial charge in [-0.3, -0.25) is 9.59 Å². The van der Waals surface area contributed by atoms with Crippen LogP contribution < -0.4 is 5.32 Å². The molecule has 1 aromatic carbocycles. The average molecular weight is 403 g/mol. The minimum absolute atomic E-state index is 0.0193. The molecule has 0 atom stereocenters. The van der Waals surface area contributed by atoms with Crippen molar-refractivity contribution in [2.45, 2.75) is 40.0 Å². The van der Waals surface area contributed by atoms with Crippen molar-refractivity contribution in [2.75, 3.05) is 45.8 Å². The molecule has 0 spiro atoms. The van der Waals surface area contributed by atoms with Gasteiger partial charge in [-0.2, -0.15) is 0 Å². The van der Waals surface area contributed by atoms with Gasteiger partial charge in [0.25, 0.3) is 5.91 Å². The highest BCUT2D eigenvalue weighted by atomic mass is 16.2. The van der Waals surface area contributed by atoms with Crippen LogP contribution in [0.3, 0.4) is 0 Å². The third-order valence-electron chi connectivity index (χ3n) is 5.30. The number of carbonyl (C=O) groups excluding carboxylic acids is 3. The molecule has 0 saturated carbocycles. The molecule has 1 aliphatic heterocycles. The molecule has 4 amide bonds. The highest BCUT2D eigenvalue weighted by Crippen LogP contribution is 2.11. The summed E-state index contributed by atoms with van der Waals surface area (Å²) in [6.07, 6.45) is 1.83. The monoisotopic (exact) mass is 402 g/mol. The standard InChI is InChI=1S/C22H34N4O3/c1-4-24(5-2)20(27)11-7-12-23-22(29)26-14-8-13-25(15-16-26)21(28)19-10-6-9-18(3)17-19/h6,9-10,17H,4-5,7-8,11-16H2,1-3H3,(H,23,29). The number of hydrogen-bond donors (Lipinski definition) is 1. The molecular weight excluding hydrogens is 368 g/mol. The van der Waals surface area contributed by atoms with Crippen LogP contribution in [0.5, 0.6) is 0 Å². The van der Waals surface area contributed by atoms with E-state index in [1.807, 2.05) is 49.9 Å². The van der Waals surface area contributed by atoms with Gasteiger partial charge in [0.15, 0.2) is 0 Å². The molecule has 1 N–H and O–H groups in total. The first-order valence-electron chi connectivity index (χ1n) is 10.6. The lowest BCUT2D eigenvalue weighted by atomic mass is 10.1. The van der Waals surface area contributed by atoms with Gasteiger partial charge in [-0.15, -0.1) is 0 Å². The van der Waals surface area contributed by atoms with E-state index in [4.69, 9.17) is 0 Å². The van der Waals surface area contributed by atoms with Crippen LogP contribution in [0.25, 0.3) is 0 Å². The zero-order valence-corrected chi connectivity index (χ0v) is 17.9. The fraction of sp³-hybridized carbons (Fsp3) is 0.591. The Morgan fingerprint density at radius 1 is 1.03 bits per heavy atom. The van der Waals surface area contributed by atoms with Crippen molar-refractivity contribution in [3.63, 3.8) is 0 Å². The number of urea groups is 1. The molecule has 1 aromatic rings. The number of nitrogens with zero attached hydrogens (tertiary/aromatic N) is 3. The van der Waals surface area contributed by atoms with Crippen LogP contribution >= 0.6 is 0 Å². The summed E-state index contributed by atoms with van der Waals surface area (Å²) >= 11 is 0. The highest BCUT2D eigenvalue weighted by molar-refractivity contribution is 5.94. The molecule has 0 aliphatic carbocycles. The number of aryl methyl sites for hydroxylation is 1. The van der Waals surface area contributed by atoms with Gasteiger partial charge in [-0.1, -0.05) is 17.7 Å². The molecular formula is C22H34N4O3. The van der Waals surface area contributed by atoms with E-state index in [2.05, 4.69) is 5.32 Å². The first-order valence-corrected chi connectivity index (χ1v) is 10.6. The maximum atomic E-state index is 12.7. The Kier molecular flexibility index (Phi) is 8.96. The summed E-state index contributed by atoms with van der Waals surface area (Å²) in [5.74, 6) is 0.148. The molecule has 0 aromatic heterocycles. The van der Waals surface area contributed by atoms with Crippen LogP contribution in [0.2, 0.25) is 0 Å². The second kappa shape index (κ2) is 11.4. The number of benzene rings is 1. The van der Waals surface area contributed by atoms with E-state index >= 15 is 0 Å². The van der Waals surface area contributed by atoms with E-state index in [-0.39, 0.29) is 17.8 Å². The van der Waals surface area contributed by atoms with Crippen LogP contribution in [-0.4, -0.2) is 78.4 Å². The molecule has 2 rings (SSSR count). The summed E-state index contributed by atoms with van der Waals surface area (Å²) in [6.45, 7) is 10.1. The van der Waals surface area contributed by atoms with Crippen LogP contribution in [0.1, 0.15) is 49.0 Å². The van der Waals surface area contributed by atoms with Crippen molar-refractivity contribution in [1.29, 1.82) is 0 Å². The summed E-state index contributed by atoms with van der Waals surface area (Å²) in [5, 5.41) is 2.91. The molecule has 0 unspecified atom stereocenters. The molecule has 1 aliphatic rings. The molecule has 1 saturated heterocycles. The van der Waals surface area contributed by atoms with Crippen LogP contribution in [0, 0.1) is 6.92 Å². The highest BCUT2D eigenvalue weighted by Gasteiger charge is 2.22. The second-order valence-electron chi connectivity index (χ2n) is 7.40. The van der Waals surface area contributed by atoms with E-state index in [1.165, 1.54) is 0 Å². The molecule has 160 valence electrons. The topological polar surface area (TPSA) is 73.0 Å². The summed E-state index contributed by atoms with van der Waals surface area (Å²) in [7, 11) is 0. The molecule has 1 fully saturated rings. The second-order valence-corrected chi connectivity index (χ2v) is 7.40. The molecule has 1 heterocycles. The summed E-state index contributed by atoms with van der Waals surface area (Å²) in [6, 6.07) is 7.48. The smallest absolute Gasteiger partial charge is 0.317 e. The first-order chi connectivity index (χ1) is 14.0. The van der Waals surface area contributed by atoms with Gasteiger partial charge in [0, 0.05) is 57.8 Å². The van der Waals surface area contributed by atoms with Gasteiger partial charge in [-0.25, -0.2) is 4.79 Å². The molecule has 29 heavy (non-hydrogen) atoms. The maximum absolute atomic E-state index is 12.7. The summed E-state index contributed by atoms with van der Waals surface area (Å²) < 4.78 is 0. The van der Waals surface area contributed by atoms with Gasteiger partial charge < -0.3 is 20.0 Å². The summed E-state index contributed by atoms with van der Waals surface area (Å²) in [5.41, 5.74) is 1.76. The lowest BCUT2D eigenvalue weighted by molar-refractivity contribution is -0.130. The molecule has 0 radical (unpaired) electrons. The molecule has 7 heteroatoms. The van der Waals surface area contributed by atoms with Crippen molar-refractivity contribution in [3.05, 3.63) is 35.4 Å². The van der Waals surface area contributed by atoms with Gasteiger partial charge in [0.05, 0.1) is 0 Å². The van der Waals surface area contributed by atoms with E-state index in [0.717, 1.165) is 12.0 Å². The van der Waals surface area contributed by atoms with Gasteiger partial charge in [-0.05, 0) is 45.7 Å². The lowest BCUT2D eigenvalue weighted by Gasteiger charge is -2.23. The molecule has 0 bridgehead atoms. The number of nitrogens with one attached hydrogen (secondary N) is 1. The minimum Gasteiger partial charge on any atom is -0.343 e. The van der Waals surface area contributed by atoms with E-state index in [1.54, 1.807) is 9.80 Å². The van der Waals surface area contributed by atoms with Gasteiger partial charge in [0.1, 0.15) is 0 Å². The van der Waals surface area contributed by atoms with E-state index in [0.29, 0.717) is 64.2 Å². The maximum Gasteiger partial charge on any atom is 0.317 e. The Balaban J connectivity index is 1.76. The van der Waals surface area contributed by atoms with Crippen LogP contribution in [-0.2, 0) is 4.79 Å². The van der Waals surface area contributed by atoms with Crippen molar-refractivity contribution in [3.8, 4) is 0 Å². The SMILES string of the molecule is CCN(CC)C(=O)CCCNC(=O)N1CCCN(C(=O)c2cccc(C)c2)CC1. The zero-order valence-electron chi connectivity index (χ0n) is 17.9. The third-order valence-corrected chi connectivity index (χ3v) is 5.30. The predicted molar refractivity (Wildman–Crippen MR) is 114 cm³/mol. The quantitative estimate of drug-likeness (QED) is 0.712. The summed E-state index contributed by atoms with van der Waals surface area (Å²) in [4.78, 5) is 42.6. The van der Waals surface area contributed by atoms with Crippen LogP contribution in [0.15, 0.2) is 24.3 Å². The number of hydrogen-bond acceptors (Lipinski definition) is 3. The Morgan fingerprint density at radius 2 is 1.72 bits per heavy atom. The first kappa shape index (κ1) is 22.7. The lowest BCUT2D eigenvalue weighted by Crippen LogP contribution is -2.43. The normalized spacial score (nSPS) is 14.3. The predicted octanol–water partition coefficient (Wildman–Crippen LogP) is 2.50. The van der Waals surface area contributed by atoms with Gasteiger partial charge in [0.2, 0.25) is 5.91 Å². The van der Waals surface area contributed by atoms with Gasteiger partial charge >= 0.3 is 6.03 Å². The molecule has 7 nitrogen and oxygen atoms in total. The average Bonchev–Trinajstić information content (AvgIpc) is 2.98.